The minimum Gasteiger partial charge on any atom is -0.310 e. The van der Waals surface area contributed by atoms with Gasteiger partial charge in [-0.1, -0.05) is 41.4 Å². The molecule has 1 aliphatic rings. The van der Waals surface area contributed by atoms with E-state index in [9.17, 15) is 4.79 Å². The number of urea groups is 1. The number of guanidine groups is 1. The molecule has 0 saturated heterocycles. The number of amides is 2. The molecular weight excluding hydrogens is 335 g/mol. The van der Waals surface area contributed by atoms with Gasteiger partial charge >= 0.3 is 6.03 Å². The minimum absolute atomic E-state index is 0.383. The van der Waals surface area contributed by atoms with Crippen LogP contribution in [0.1, 0.15) is 0 Å². The van der Waals surface area contributed by atoms with Gasteiger partial charge in [0, 0.05) is 17.9 Å². The van der Waals surface area contributed by atoms with Gasteiger partial charge in [-0.15, -0.1) is 0 Å². The van der Waals surface area contributed by atoms with Crippen molar-refractivity contribution in [3.8, 4) is 0 Å². The number of rotatable bonds is 2. The lowest BCUT2D eigenvalue weighted by molar-refractivity contribution is 0.256. The van der Waals surface area contributed by atoms with E-state index in [0.29, 0.717) is 28.2 Å². The van der Waals surface area contributed by atoms with Gasteiger partial charge in [-0.05, 0) is 30.3 Å². The average Bonchev–Trinajstić information content (AvgIpc) is 3.00. The summed E-state index contributed by atoms with van der Waals surface area (Å²) in [6.07, 6.45) is 0. The van der Waals surface area contributed by atoms with Gasteiger partial charge < -0.3 is 10.2 Å². The first kappa shape index (κ1) is 15.6. The second kappa shape index (κ2) is 6.89. The number of halogens is 2. The van der Waals surface area contributed by atoms with Gasteiger partial charge in [-0.2, -0.15) is 0 Å². The quantitative estimate of drug-likeness (QED) is 0.861. The molecule has 0 spiro atoms. The summed E-state index contributed by atoms with van der Waals surface area (Å²) in [5.74, 6) is 0.522. The lowest BCUT2D eigenvalue weighted by Gasteiger charge is -2.20. The third-order valence-corrected chi connectivity index (χ3v) is 4.05. The summed E-state index contributed by atoms with van der Waals surface area (Å²) < 4.78 is 0. The molecule has 23 heavy (non-hydrogen) atoms. The number of para-hydroxylation sites is 1. The van der Waals surface area contributed by atoms with E-state index in [-0.39, 0.29) is 6.03 Å². The van der Waals surface area contributed by atoms with Gasteiger partial charge in [0.15, 0.2) is 0 Å². The van der Waals surface area contributed by atoms with Crippen LogP contribution in [-0.4, -0.2) is 25.1 Å². The molecule has 1 heterocycles. The zero-order valence-electron chi connectivity index (χ0n) is 12.1. The van der Waals surface area contributed by atoms with Crippen LogP contribution in [0.25, 0.3) is 0 Å². The van der Waals surface area contributed by atoms with Crippen molar-refractivity contribution < 1.29 is 4.79 Å². The highest BCUT2D eigenvalue weighted by Gasteiger charge is 2.20. The molecule has 0 unspecified atom stereocenters. The molecule has 2 amide bonds. The molecule has 0 atom stereocenters. The van der Waals surface area contributed by atoms with Crippen molar-refractivity contribution in [1.82, 2.24) is 5.32 Å². The second-order valence-corrected chi connectivity index (χ2v) is 5.71. The summed E-state index contributed by atoms with van der Waals surface area (Å²) in [7, 11) is 0. The fourth-order valence-electron chi connectivity index (χ4n) is 2.25. The molecule has 0 bridgehead atoms. The number of nitrogens with one attached hydrogen (secondary N) is 2. The Morgan fingerprint density at radius 1 is 1.04 bits per heavy atom. The molecule has 1 aliphatic heterocycles. The van der Waals surface area contributed by atoms with Gasteiger partial charge in [-0.3, -0.25) is 10.3 Å². The third kappa shape index (κ3) is 3.75. The molecule has 5 nitrogen and oxygen atoms in total. The largest absolute Gasteiger partial charge is 0.326 e. The summed E-state index contributed by atoms with van der Waals surface area (Å²) in [5.41, 5.74) is 1.54. The number of hydrogen-bond donors (Lipinski definition) is 2. The van der Waals surface area contributed by atoms with E-state index in [1.807, 2.05) is 35.2 Å². The maximum Gasteiger partial charge on any atom is 0.326 e. The highest BCUT2D eigenvalue weighted by molar-refractivity contribution is 6.42. The summed E-state index contributed by atoms with van der Waals surface area (Å²) in [6.45, 7) is 1.36. The van der Waals surface area contributed by atoms with Crippen molar-refractivity contribution >= 4 is 46.6 Å². The molecule has 0 aromatic heterocycles. The van der Waals surface area contributed by atoms with Crippen molar-refractivity contribution in [2.75, 3.05) is 23.3 Å². The van der Waals surface area contributed by atoms with Gasteiger partial charge in [0.25, 0.3) is 0 Å². The van der Waals surface area contributed by atoms with Crippen molar-refractivity contribution in [3.05, 3.63) is 58.6 Å². The molecule has 118 valence electrons. The number of carbonyl (C=O) groups is 1. The lowest BCUT2D eigenvalue weighted by atomic mass is 10.3. The third-order valence-electron chi connectivity index (χ3n) is 3.31. The van der Waals surface area contributed by atoms with Crippen LogP contribution >= 0.6 is 23.2 Å². The summed E-state index contributed by atoms with van der Waals surface area (Å²) in [4.78, 5) is 18.4. The molecule has 3 rings (SSSR count). The van der Waals surface area contributed by atoms with Crippen LogP contribution in [0.3, 0.4) is 0 Å². The van der Waals surface area contributed by atoms with E-state index in [0.717, 1.165) is 12.2 Å². The first-order valence-corrected chi connectivity index (χ1v) is 7.79. The van der Waals surface area contributed by atoms with Crippen LogP contribution in [0.2, 0.25) is 10.0 Å². The van der Waals surface area contributed by atoms with Crippen LogP contribution < -0.4 is 15.5 Å². The molecule has 2 N–H and O–H groups in total. The van der Waals surface area contributed by atoms with Crippen molar-refractivity contribution in [2.24, 2.45) is 4.99 Å². The normalized spacial score (nSPS) is 13.7. The van der Waals surface area contributed by atoms with Crippen LogP contribution in [0.15, 0.2) is 53.5 Å². The predicted molar refractivity (Wildman–Crippen MR) is 94.7 cm³/mol. The second-order valence-electron chi connectivity index (χ2n) is 4.90. The fraction of sp³-hybridized carbons (Fsp3) is 0.125. The Hall–Kier alpha value is -2.24. The zero-order chi connectivity index (χ0) is 16.2. The molecule has 0 radical (unpaired) electrons. The molecule has 0 aliphatic carbocycles. The van der Waals surface area contributed by atoms with Gasteiger partial charge in [0.2, 0.25) is 5.96 Å². The number of anilines is 2. The average molecular weight is 349 g/mol. The Morgan fingerprint density at radius 3 is 2.57 bits per heavy atom. The van der Waals surface area contributed by atoms with E-state index in [1.54, 1.807) is 18.2 Å². The van der Waals surface area contributed by atoms with Crippen LogP contribution in [-0.2, 0) is 0 Å². The zero-order valence-corrected chi connectivity index (χ0v) is 13.6. The SMILES string of the molecule is O=C(NC1=NCCN1c1ccccc1)Nc1ccc(Cl)c(Cl)c1. The van der Waals surface area contributed by atoms with Crippen LogP contribution in [0.4, 0.5) is 16.2 Å². The molecule has 0 saturated carbocycles. The number of benzene rings is 2. The molecule has 7 heteroatoms. The number of nitrogens with zero attached hydrogens (tertiary/aromatic N) is 2. The van der Waals surface area contributed by atoms with E-state index < -0.39 is 0 Å². The van der Waals surface area contributed by atoms with Crippen LogP contribution in [0.5, 0.6) is 0 Å². The maximum absolute atomic E-state index is 12.1. The number of hydrogen-bond acceptors (Lipinski definition) is 3. The van der Waals surface area contributed by atoms with Crippen molar-refractivity contribution in [1.29, 1.82) is 0 Å². The van der Waals surface area contributed by atoms with E-state index in [2.05, 4.69) is 15.6 Å². The summed E-state index contributed by atoms with van der Waals surface area (Å²) in [5, 5.41) is 6.29. The highest BCUT2D eigenvalue weighted by Crippen LogP contribution is 2.25. The predicted octanol–water partition coefficient (Wildman–Crippen LogP) is 3.99. The van der Waals surface area contributed by atoms with Crippen molar-refractivity contribution in [3.63, 3.8) is 0 Å². The lowest BCUT2D eigenvalue weighted by Crippen LogP contribution is -2.43. The number of aliphatic imine (C=N–C) groups is 1. The molecule has 2 aromatic rings. The smallest absolute Gasteiger partial charge is 0.310 e. The Kier molecular flexibility index (Phi) is 4.69. The van der Waals surface area contributed by atoms with E-state index in [4.69, 9.17) is 23.2 Å². The molecular formula is C16H14Cl2N4O. The fourth-order valence-corrected chi connectivity index (χ4v) is 2.55. The van der Waals surface area contributed by atoms with Crippen LogP contribution in [0, 0.1) is 0 Å². The Labute approximate surface area is 143 Å². The summed E-state index contributed by atoms with van der Waals surface area (Å²) in [6, 6.07) is 14.3. The monoisotopic (exact) mass is 348 g/mol. The number of carbonyl (C=O) groups excluding carboxylic acids is 1. The molecule has 2 aromatic carbocycles. The van der Waals surface area contributed by atoms with Gasteiger partial charge in [-0.25, -0.2) is 4.79 Å². The summed E-state index contributed by atoms with van der Waals surface area (Å²) >= 11 is 11.8. The minimum atomic E-state index is -0.384. The first-order valence-electron chi connectivity index (χ1n) is 7.03. The van der Waals surface area contributed by atoms with Gasteiger partial charge in [0.1, 0.15) is 0 Å². The van der Waals surface area contributed by atoms with Gasteiger partial charge in [0.05, 0.1) is 16.6 Å². The topological polar surface area (TPSA) is 56.7 Å². The van der Waals surface area contributed by atoms with E-state index >= 15 is 0 Å². The Balaban J connectivity index is 1.66. The van der Waals surface area contributed by atoms with E-state index in [1.165, 1.54) is 0 Å². The van der Waals surface area contributed by atoms with Crippen molar-refractivity contribution in [2.45, 2.75) is 0 Å². The Morgan fingerprint density at radius 2 is 1.83 bits per heavy atom. The first-order chi connectivity index (χ1) is 11.1. The standard InChI is InChI=1S/C16H14Cl2N4O/c17-13-7-6-11(10-14(13)18)20-16(23)21-15-19-8-9-22(15)12-4-2-1-3-5-12/h1-7,10H,8-9H2,(H2,19,20,21,23). The maximum atomic E-state index is 12.1. The highest BCUT2D eigenvalue weighted by atomic mass is 35.5. The Bertz CT molecular complexity index is 749. The molecule has 0 fully saturated rings.